The Morgan fingerprint density at radius 3 is 2.54 bits per heavy atom. The van der Waals surface area contributed by atoms with Gasteiger partial charge < -0.3 is 30.1 Å². The molecule has 0 radical (unpaired) electrons. The third kappa shape index (κ3) is 6.66. The van der Waals surface area contributed by atoms with Crippen LogP contribution in [0, 0.1) is 0 Å². The predicted molar refractivity (Wildman–Crippen MR) is 143 cm³/mol. The fourth-order valence-corrected chi connectivity index (χ4v) is 4.66. The monoisotopic (exact) mass is 572 g/mol. The van der Waals surface area contributed by atoms with Crippen LogP contribution >= 0.6 is 0 Å². The fraction of sp³-hybridized carbons (Fsp3) is 0.333. The SMILES string of the molecule is O=C(CCO)Nc1cc(Oc2ccc3c(c2)CCN3C(=O)Nc2ccc(N3CCOCC3)c(C(F)(F)F)c2)ncn1. The summed E-state index contributed by atoms with van der Waals surface area (Å²) < 4.78 is 52.7. The van der Waals surface area contributed by atoms with E-state index in [1.54, 1.807) is 23.1 Å². The number of morpholine rings is 1. The highest BCUT2D eigenvalue weighted by atomic mass is 19.4. The first kappa shape index (κ1) is 28.1. The number of aromatic nitrogens is 2. The molecule has 0 aliphatic carbocycles. The van der Waals surface area contributed by atoms with Gasteiger partial charge >= 0.3 is 12.2 Å². The molecule has 5 rings (SSSR count). The summed E-state index contributed by atoms with van der Waals surface area (Å²) in [4.78, 5) is 35.8. The molecule has 2 aliphatic heterocycles. The van der Waals surface area contributed by atoms with E-state index in [0.29, 0.717) is 50.7 Å². The van der Waals surface area contributed by atoms with Gasteiger partial charge in [-0.3, -0.25) is 9.69 Å². The van der Waals surface area contributed by atoms with E-state index in [2.05, 4.69) is 20.6 Å². The molecule has 0 unspecified atom stereocenters. The average Bonchev–Trinajstić information content (AvgIpc) is 3.37. The number of nitrogens with one attached hydrogen (secondary N) is 2. The number of hydrogen-bond donors (Lipinski definition) is 3. The van der Waals surface area contributed by atoms with Crippen LogP contribution in [0.2, 0.25) is 0 Å². The van der Waals surface area contributed by atoms with E-state index in [9.17, 15) is 22.8 Å². The summed E-state index contributed by atoms with van der Waals surface area (Å²) in [5, 5.41) is 14.0. The zero-order chi connectivity index (χ0) is 29.0. The Morgan fingerprint density at radius 2 is 1.78 bits per heavy atom. The summed E-state index contributed by atoms with van der Waals surface area (Å²) >= 11 is 0. The number of halogens is 3. The van der Waals surface area contributed by atoms with E-state index in [4.69, 9.17) is 14.6 Å². The number of amides is 3. The second kappa shape index (κ2) is 12.0. The van der Waals surface area contributed by atoms with Crippen LogP contribution in [0.25, 0.3) is 0 Å². The second-order valence-electron chi connectivity index (χ2n) is 9.32. The lowest BCUT2D eigenvalue weighted by Gasteiger charge is -2.31. The molecule has 2 aliphatic rings. The Morgan fingerprint density at radius 1 is 1.00 bits per heavy atom. The van der Waals surface area contributed by atoms with E-state index in [0.717, 1.165) is 11.6 Å². The minimum Gasteiger partial charge on any atom is -0.439 e. The van der Waals surface area contributed by atoms with E-state index in [-0.39, 0.29) is 36.1 Å². The van der Waals surface area contributed by atoms with Crippen molar-refractivity contribution in [1.29, 1.82) is 0 Å². The van der Waals surface area contributed by atoms with Crippen LogP contribution in [-0.2, 0) is 22.1 Å². The van der Waals surface area contributed by atoms with Gasteiger partial charge in [-0.2, -0.15) is 13.2 Å². The first-order valence-electron chi connectivity index (χ1n) is 12.9. The number of ether oxygens (including phenoxy) is 2. The van der Waals surface area contributed by atoms with Gasteiger partial charge in [-0.15, -0.1) is 0 Å². The van der Waals surface area contributed by atoms with Crippen LogP contribution in [-0.4, -0.2) is 66.5 Å². The molecule has 0 saturated carbocycles. The number of carbonyl (C=O) groups excluding carboxylic acids is 2. The number of aliphatic hydroxyl groups is 1. The van der Waals surface area contributed by atoms with Crippen LogP contribution in [0.4, 0.5) is 40.8 Å². The molecule has 0 atom stereocenters. The maximum Gasteiger partial charge on any atom is 0.418 e. The van der Waals surface area contributed by atoms with Crippen LogP contribution < -0.4 is 25.2 Å². The molecule has 1 fully saturated rings. The zero-order valence-electron chi connectivity index (χ0n) is 21.8. The van der Waals surface area contributed by atoms with Crippen LogP contribution in [0.5, 0.6) is 11.6 Å². The lowest BCUT2D eigenvalue weighted by Crippen LogP contribution is -2.37. The van der Waals surface area contributed by atoms with Gasteiger partial charge in [-0.25, -0.2) is 14.8 Å². The number of hydrogen-bond acceptors (Lipinski definition) is 8. The number of urea groups is 1. The quantitative estimate of drug-likeness (QED) is 0.387. The summed E-state index contributed by atoms with van der Waals surface area (Å²) in [6, 6.07) is 9.74. The highest BCUT2D eigenvalue weighted by molar-refractivity contribution is 6.03. The van der Waals surface area contributed by atoms with Gasteiger partial charge in [-0.05, 0) is 48.4 Å². The third-order valence-corrected chi connectivity index (χ3v) is 6.57. The van der Waals surface area contributed by atoms with E-state index >= 15 is 0 Å². The van der Waals surface area contributed by atoms with E-state index in [1.165, 1.54) is 29.4 Å². The molecular formula is C27H27F3N6O5. The molecule has 14 heteroatoms. The van der Waals surface area contributed by atoms with Gasteiger partial charge in [0.05, 0.1) is 31.8 Å². The van der Waals surface area contributed by atoms with Crippen LogP contribution in [0.3, 0.4) is 0 Å². The minimum atomic E-state index is -4.60. The van der Waals surface area contributed by atoms with Gasteiger partial charge in [0.2, 0.25) is 11.8 Å². The highest BCUT2D eigenvalue weighted by Gasteiger charge is 2.36. The molecule has 0 bridgehead atoms. The molecule has 41 heavy (non-hydrogen) atoms. The van der Waals surface area contributed by atoms with E-state index < -0.39 is 23.7 Å². The Bertz CT molecular complexity index is 1430. The van der Waals surface area contributed by atoms with Gasteiger partial charge in [0, 0.05) is 42.8 Å². The largest absolute Gasteiger partial charge is 0.439 e. The summed E-state index contributed by atoms with van der Waals surface area (Å²) in [6.45, 7) is 1.44. The Kier molecular flexibility index (Phi) is 8.21. The third-order valence-electron chi connectivity index (χ3n) is 6.57. The van der Waals surface area contributed by atoms with E-state index in [1.807, 2.05) is 0 Å². The van der Waals surface area contributed by atoms with Crippen molar-refractivity contribution in [2.24, 2.45) is 0 Å². The van der Waals surface area contributed by atoms with Crippen molar-refractivity contribution in [3.63, 3.8) is 0 Å². The molecule has 1 saturated heterocycles. The number of anilines is 4. The summed E-state index contributed by atoms with van der Waals surface area (Å²) in [5.41, 5.74) is 0.693. The molecule has 1 aromatic heterocycles. The second-order valence-corrected chi connectivity index (χ2v) is 9.32. The Hall–Kier alpha value is -4.43. The van der Waals surface area contributed by atoms with Crippen molar-refractivity contribution in [2.75, 3.05) is 59.9 Å². The predicted octanol–water partition coefficient (Wildman–Crippen LogP) is 4.04. The maximum absolute atomic E-state index is 13.9. The molecule has 3 heterocycles. The summed E-state index contributed by atoms with van der Waals surface area (Å²) in [7, 11) is 0. The number of nitrogens with zero attached hydrogens (tertiary/aromatic N) is 4. The van der Waals surface area contributed by atoms with Crippen LogP contribution in [0.1, 0.15) is 17.5 Å². The van der Waals surface area contributed by atoms with Crippen molar-refractivity contribution in [2.45, 2.75) is 19.0 Å². The van der Waals surface area contributed by atoms with Crippen molar-refractivity contribution in [3.8, 4) is 11.6 Å². The molecule has 3 aromatic rings. The number of rotatable bonds is 7. The molecule has 11 nitrogen and oxygen atoms in total. The molecular weight excluding hydrogens is 545 g/mol. The van der Waals surface area contributed by atoms with Crippen molar-refractivity contribution in [3.05, 3.63) is 59.9 Å². The molecule has 0 spiro atoms. The number of benzene rings is 2. The number of fused-ring (bicyclic) bond motifs is 1. The minimum absolute atomic E-state index is 0.0402. The maximum atomic E-state index is 13.9. The smallest absolute Gasteiger partial charge is 0.418 e. The number of aliphatic hydroxyl groups excluding tert-OH is 1. The number of alkyl halides is 3. The number of carbonyl (C=O) groups is 2. The molecule has 3 N–H and O–H groups in total. The highest BCUT2D eigenvalue weighted by Crippen LogP contribution is 2.39. The Labute approximate surface area is 232 Å². The normalized spacial score (nSPS) is 14.9. The molecule has 3 amide bonds. The summed E-state index contributed by atoms with van der Waals surface area (Å²) in [5.74, 6) is 0.415. The van der Waals surface area contributed by atoms with Crippen molar-refractivity contribution in [1.82, 2.24) is 9.97 Å². The first-order chi connectivity index (χ1) is 19.7. The lowest BCUT2D eigenvalue weighted by atomic mass is 10.1. The van der Waals surface area contributed by atoms with Gasteiger partial charge in [0.15, 0.2) is 0 Å². The zero-order valence-corrected chi connectivity index (χ0v) is 21.8. The fourth-order valence-electron chi connectivity index (χ4n) is 4.66. The summed E-state index contributed by atoms with van der Waals surface area (Å²) in [6.07, 6.45) is -2.93. The van der Waals surface area contributed by atoms with Gasteiger partial charge in [0.25, 0.3) is 0 Å². The van der Waals surface area contributed by atoms with Gasteiger partial charge in [-0.1, -0.05) is 0 Å². The van der Waals surface area contributed by atoms with Crippen LogP contribution in [0.15, 0.2) is 48.8 Å². The van der Waals surface area contributed by atoms with Gasteiger partial charge in [0.1, 0.15) is 17.9 Å². The Balaban J connectivity index is 1.27. The standard InChI is InChI=1S/C27H27F3N6O5/c28-27(29,30)20-14-18(1-3-22(20)35-8-11-40-12-9-35)33-26(39)36-7-5-17-13-19(2-4-21(17)36)41-25-15-23(31-16-32-25)34-24(38)6-10-37/h1-4,13-16,37H,5-12H2,(H,33,39)(H,31,32,34,38). The average molecular weight is 573 g/mol. The lowest BCUT2D eigenvalue weighted by molar-refractivity contribution is -0.137. The molecule has 2 aromatic carbocycles. The molecule has 216 valence electrons. The van der Waals surface area contributed by atoms with Crippen molar-refractivity contribution >= 4 is 34.8 Å². The topological polar surface area (TPSA) is 129 Å². The van der Waals surface area contributed by atoms with Crippen molar-refractivity contribution < 1.29 is 37.3 Å². The first-order valence-corrected chi connectivity index (χ1v) is 12.9.